The van der Waals surface area contributed by atoms with Gasteiger partial charge in [-0.05, 0) is 44.4 Å². The summed E-state index contributed by atoms with van der Waals surface area (Å²) in [5.74, 6) is -2.13. The van der Waals surface area contributed by atoms with Gasteiger partial charge in [0, 0.05) is 35.5 Å². The van der Waals surface area contributed by atoms with E-state index in [4.69, 9.17) is 5.73 Å². The first kappa shape index (κ1) is 26.5. The van der Waals surface area contributed by atoms with Crippen LogP contribution < -0.4 is 11.1 Å². The molecule has 7 nitrogen and oxygen atoms in total. The van der Waals surface area contributed by atoms with Crippen LogP contribution in [-0.4, -0.2) is 31.0 Å². The highest BCUT2D eigenvalue weighted by Crippen LogP contribution is 2.38. The van der Waals surface area contributed by atoms with Crippen LogP contribution in [0, 0.1) is 11.6 Å². The van der Waals surface area contributed by atoms with E-state index in [-0.39, 0.29) is 35.7 Å². The fourth-order valence-electron chi connectivity index (χ4n) is 4.27. The summed E-state index contributed by atoms with van der Waals surface area (Å²) in [6.07, 6.45) is 2.19. The zero-order chi connectivity index (χ0) is 25.8. The normalized spacial score (nSPS) is 21.3. The standard InChI is InChI=1S/C25H29F2N3O4S/c1-16-8-9-24(19-6-4-3-5-7-19)35(33,34)30(16)14-20-11-23(27)21(12-22(20)26)17(2)29-25(32)10-18(13-28)15-31/h3-7,11-13,15-17,24H,8-10,14,28H2,1-2H3,(H,29,32)/t16-,17?,24+/m0/s1. The number of aldehydes is 1. The Bertz CT molecular complexity index is 1220. The molecule has 1 fully saturated rings. The van der Waals surface area contributed by atoms with Crippen molar-refractivity contribution in [1.82, 2.24) is 9.62 Å². The summed E-state index contributed by atoms with van der Waals surface area (Å²) in [7, 11) is -3.81. The Balaban J connectivity index is 1.81. The average Bonchev–Trinajstić information content (AvgIpc) is 2.82. The first-order valence-electron chi connectivity index (χ1n) is 11.3. The molecule has 0 radical (unpaired) electrons. The molecular formula is C25H29F2N3O4S. The van der Waals surface area contributed by atoms with Gasteiger partial charge < -0.3 is 11.1 Å². The van der Waals surface area contributed by atoms with Crippen molar-refractivity contribution in [2.24, 2.45) is 5.73 Å². The van der Waals surface area contributed by atoms with Crippen LogP contribution in [0.3, 0.4) is 0 Å². The van der Waals surface area contributed by atoms with Gasteiger partial charge in [-0.1, -0.05) is 30.3 Å². The lowest BCUT2D eigenvalue weighted by Gasteiger charge is -2.37. The summed E-state index contributed by atoms with van der Waals surface area (Å²) in [5.41, 5.74) is 5.78. The third-order valence-electron chi connectivity index (χ3n) is 6.26. The molecule has 2 aromatic rings. The van der Waals surface area contributed by atoms with Crippen molar-refractivity contribution in [3.05, 3.63) is 82.6 Å². The molecule has 3 atom stereocenters. The van der Waals surface area contributed by atoms with Gasteiger partial charge in [0.1, 0.15) is 23.2 Å². The van der Waals surface area contributed by atoms with Crippen LogP contribution in [0.15, 0.2) is 54.2 Å². The molecule has 0 saturated carbocycles. The molecule has 1 aliphatic heterocycles. The van der Waals surface area contributed by atoms with E-state index in [0.29, 0.717) is 24.7 Å². The van der Waals surface area contributed by atoms with Crippen molar-refractivity contribution in [2.75, 3.05) is 0 Å². The quantitative estimate of drug-likeness (QED) is 0.421. The van der Waals surface area contributed by atoms with Crippen molar-refractivity contribution < 1.29 is 26.8 Å². The summed E-state index contributed by atoms with van der Waals surface area (Å²) >= 11 is 0. The maximum absolute atomic E-state index is 15.0. The molecule has 10 heteroatoms. The number of nitrogens with one attached hydrogen (secondary N) is 1. The van der Waals surface area contributed by atoms with Gasteiger partial charge in [-0.15, -0.1) is 0 Å². The molecule has 1 unspecified atom stereocenters. The average molecular weight is 506 g/mol. The number of amides is 1. The first-order chi connectivity index (χ1) is 16.6. The van der Waals surface area contributed by atoms with E-state index in [1.807, 2.05) is 0 Å². The lowest BCUT2D eigenvalue weighted by Crippen LogP contribution is -2.44. The van der Waals surface area contributed by atoms with E-state index >= 15 is 4.39 Å². The second-order valence-corrected chi connectivity index (χ2v) is 10.8. The molecule has 0 aromatic heterocycles. The molecule has 0 bridgehead atoms. The summed E-state index contributed by atoms with van der Waals surface area (Å²) in [4.78, 5) is 22.9. The smallest absolute Gasteiger partial charge is 0.225 e. The second-order valence-electron chi connectivity index (χ2n) is 8.71. The largest absolute Gasteiger partial charge is 0.404 e. The minimum absolute atomic E-state index is 0.0577. The molecular weight excluding hydrogens is 476 g/mol. The first-order valence-corrected chi connectivity index (χ1v) is 12.8. The van der Waals surface area contributed by atoms with Gasteiger partial charge in [0.25, 0.3) is 0 Å². The zero-order valence-electron chi connectivity index (χ0n) is 19.6. The molecule has 0 aliphatic carbocycles. The topological polar surface area (TPSA) is 110 Å². The maximum atomic E-state index is 15.0. The van der Waals surface area contributed by atoms with E-state index in [0.717, 1.165) is 18.3 Å². The van der Waals surface area contributed by atoms with Crippen molar-refractivity contribution in [1.29, 1.82) is 0 Å². The molecule has 1 heterocycles. The Morgan fingerprint density at radius 3 is 2.51 bits per heavy atom. The van der Waals surface area contributed by atoms with Crippen LogP contribution in [0.25, 0.3) is 0 Å². The zero-order valence-corrected chi connectivity index (χ0v) is 20.4. The van der Waals surface area contributed by atoms with E-state index in [1.165, 1.54) is 11.2 Å². The van der Waals surface area contributed by atoms with Crippen LogP contribution in [-0.2, 0) is 26.2 Å². The molecule has 35 heavy (non-hydrogen) atoms. The predicted octanol–water partition coefficient (Wildman–Crippen LogP) is 3.63. The van der Waals surface area contributed by atoms with Gasteiger partial charge in [0.2, 0.25) is 15.9 Å². The number of benzene rings is 2. The van der Waals surface area contributed by atoms with Crippen molar-refractivity contribution >= 4 is 22.2 Å². The third kappa shape index (κ3) is 5.94. The third-order valence-corrected chi connectivity index (χ3v) is 8.63. The van der Waals surface area contributed by atoms with Gasteiger partial charge in [-0.2, -0.15) is 4.31 Å². The van der Waals surface area contributed by atoms with Crippen LogP contribution in [0.1, 0.15) is 61.1 Å². The Hall–Kier alpha value is -3.11. The fraction of sp³-hybridized carbons (Fsp3) is 0.360. The Morgan fingerprint density at radius 2 is 1.89 bits per heavy atom. The number of hydrogen-bond donors (Lipinski definition) is 2. The van der Waals surface area contributed by atoms with Crippen molar-refractivity contribution in [3.63, 3.8) is 0 Å². The van der Waals surface area contributed by atoms with Crippen LogP contribution >= 0.6 is 0 Å². The van der Waals surface area contributed by atoms with Crippen molar-refractivity contribution in [2.45, 2.75) is 57.0 Å². The Labute approximate surface area is 204 Å². The molecule has 1 amide bonds. The predicted molar refractivity (Wildman–Crippen MR) is 128 cm³/mol. The van der Waals surface area contributed by atoms with Crippen molar-refractivity contribution in [3.8, 4) is 0 Å². The minimum atomic E-state index is -3.81. The molecule has 3 N–H and O–H groups in total. The van der Waals surface area contributed by atoms with Gasteiger partial charge in [0.05, 0.1) is 12.5 Å². The maximum Gasteiger partial charge on any atom is 0.225 e. The van der Waals surface area contributed by atoms with E-state index in [2.05, 4.69) is 5.32 Å². The molecule has 0 spiro atoms. The highest BCUT2D eigenvalue weighted by atomic mass is 32.2. The monoisotopic (exact) mass is 505 g/mol. The van der Waals surface area contributed by atoms with Crippen LogP contribution in [0.5, 0.6) is 0 Å². The number of carbonyl (C=O) groups is 2. The van der Waals surface area contributed by atoms with E-state index in [1.54, 1.807) is 37.3 Å². The summed E-state index contributed by atoms with van der Waals surface area (Å²) in [5, 5.41) is 1.75. The van der Waals surface area contributed by atoms with Gasteiger partial charge in [-0.3, -0.25) is 9.59 Å². The SMILES string of the molecule is CC(NC(=O)CC(C=O)=CN)c1cc(F)c(CN2[C@@H](C)CC[C@H](c3ccccc3)S2(=O)=O)cc1F. The number of nitrogens with zero attached hydrogens (tertiary/aromatic N) is 1. The highest BCUT2D eigenvalue weighted by molar-refractivity contribution is 7.89. The molecule has 3 rings (SSSR count). The summed E-state index contributed by atoms with van der Waals surface area (Å²) in [6, 6.07) is 9.52. The molecule has 188 valence electrons. The number of hydrogen-bond acceptors (Lipinski definition) is 5. The van der Waals surface area contributed by atoms with Crippen LogP contribution in [0.2, 0.25) is 0 Å². The molecule has 1 aliphatic rings. The number of carbonyl (C=O) groups excluding carboxylic acids is 2. The Kier molecular flexibility index (Phi) is 8.39. The number of rotatable bonds is 8. The van der Waals surface area contributed by atoms with Crippen LogP contribution in [0.4, 0.5) is 8.78 Å². The van der Waals surface area contributed by atoms with Gasteiger partial charge in [0.15, 0.2) is 0 Å². The number of nitrogens with two attached hydrogens (primary N) is 1. The van der Waals surface area contributed by atoms with Gasteiger partial charge in [-0.25, -0.2) is 17.2 Å². The van der Waals surface area contributed by atoms with E-state index in [9.17, 15) is 22.4 Å². The number of halogens is 2. The highest BCUT2D eigenvalue weighted by Gasteiger charge is 2.40. The summed E-state index contributed by atoms with van der Waals surface area (Å²) in [6.45, 7) is 2.92. The Morgan fingerprint density at radius 1 is 1.20 bits per heavy atom. The van der Waals surface area contributed by atoms with Gasteiger partial charge >= 0.3 is 0 Å². The van der Waals surface area contributed by atoms with E-state index < -0.39 is 38.9 Å². The minimum Gasteiger partial charge on any atom is -0.404 e. The molecule has 2 aromatic carbocycles. The second kappa shape index (κ2) is 11.1. The molecule has 1 saturated heterocycles. The lowest BCUT2D eigenvalue weighted by molar-refractivity contribution is -0.121. The number of sulfonamides is 1. The fourth-order valence-corrected chi connectivity index (χ4v) is 6.46. The summed E-state index contributed by atoms with van der Waals surface area (Å²) < 4.78 is 58.0. The lowest BCUT2D eigenvalue weighted by atomic mass is 10.0.